The van der Waals surface area contributed by atoms with Crippen molar-refractivity contribution in [3.8, 4) is 0 Å². The number of anilines is 1. The molecule has 0 unspecified atom stereocenters. The van der Waals surface area contributed by atoms with Crippen LogP contribution in [-0.4, -0.2) is 46.4 Å². The third-order valence-electron chi connectivity index (χ3n) is 3.39. The molecule has 0 saturated carbocycles. The first-order valence-electron chi connectivity index (χ1n) is 7.60. The maximum atomic E-state index is 12.4. The summed E-state index contributed by atoms with van der Waals surface area (Å²) in [5.74, 6) is -0.245. The number of nitrogens with zero attached hydrogens (tertiary/aromatic N) is 1. The topological polar surface area (TPSA) is 78.5 Å². The van der Waals surface area contributed by atoms with Gasteiger partial charge in [-0.3, -0.25) is 9.52 Å². The fraction of sp³-hybridized carbons (Fsp3) is 0.235. The van der Waals surface area contributed by atoms with Crippen LogP contribution in [0.5, 0.6) is 0 Å². The summed E-state index contributed by atoms with van der Waals surface area (Å²) in [6.45, 7) is 1.24. The van der Waals surface area contributed by atoms with E-state index in [1.807, 2.05) is 19.0 Å². The highest BCUT2D eigenvalue weighted by Gasteiger charge is 2.16. The number of carbonyl (C=O) groups is 1. The molecule has 0 aliphatic rings. The van der Waals surface area contributed by atoms with Crippen LogP contribution >= 0.6 is 11.6 Å². The van der Waals surface area contributed by atoms with Gasteiger partial charge in [0.1, 0.15) is 0 Å². The maximum absolute atomic E-state index is 12.4. The van der Waals surface area contributed by atoms with Crippen LogP contribution in [0.3, 0.4) is 0 Å². The van der Waals surface area contributed by atoms with Crippen molar-refractivity contribution in [1.82, 2.24) is 10.2 Å². The van der Waals surface area contributed by atoms with Gasteiger partial charge < -0.3 is 10.2 Å². The lowest BCUT2D eigenvalue weighted by Crippen LogP contribution is -2.31. The number of halogens is 1. The number of likely N-dealkylation sites (N-methyl/N-ethyl adjacent to an activating group) is 1. The normalized spacial score (nSPS) is 11.4. The maximum Gasteiger partial charge on any atom is 0.261 e. The Kier molecular flexibility index (Phi) is 6.41. The van der Waals surface area contributed by atoms with E-state index in [2.05, 4.69) is 10.0 Å². The van der Waals surface area contributed by atoms with E-state index in [-0.39, 0.29) is 10.8 Å². The molecule has 0 aliphatic heterocycles. The number of amides is 1. The Morgan fingerprint density at radius 2 is 1.72 bits per heavy atom. The van der Waals surface area contributed by atoms with Gasteiger partial charge in [0.2, 0.25) is 0 Å². The Morgan fingerprint density at radius 3 is 2.32 bits per heavy atom. The van der Waals surface area contributed by atoms with Crippen molar-refractivity contribution in [3.63, 3.8) is 0 Å². The Bertz CT molecular complexity index is 836. The Morgan fingerprint density at radius 1 is 1.08 bits per heavy atom. The molecule has 0 bridgehead atoms. The quantitative estimate of drug-likeness (QED) is 0.772. The molecule has 0 aromatic heterocycles. The summed E-state index contributed by atoms with van der Waals surface area (Å²) in [6, 6.07) is 12.3. The molecule has 0 radical (unpaired) electrons. The van der Waals surface area contributed by atoms with Crippen molar-refractivity contribution in [2.24, 2.45) is 0 Å². The molecule has 6 nitrogen and oxygen atoms in total. The molecule has 2 aromatic rings. The highest BCUT2D eigenvalue weighted by atomic mass is 35.5. The van der Waals surface area contributed by atoms with E-state index in [4.69, 9.17) is 11.6 Å². The molecule has 25 heavy (non-hydrogen) atoms. The SMILES string of the molecule is CN(C)CCNC(=O)c1ccc(S(=O)(=O)Nc2ccccc2Cl)cc1. The first kappa shape index (κ1) is 19.2. The zero-order valence-electron chi connectivity index (χ0n) is 14.0. The molecule has 0 aliphatic carbocycles. The third kappa shape index (κ3) is 5.45. The molecule has 134 valence electrons. The molecule has 0 heterocycles. The molecule has 1 amide bonds. The van der Waals surface area contributed by atoms with Crippen LogP contribution in [0.25, 0.3) is 0 Å². The monoisotopic (exact) mass is 381 g/mol. The third-order valence-corrected chi connectivity index (χ3v) is 5.10. The standard InChI is InChI=1S/C17H20ClN3O3S/c1-21(2)12-11-19-17(22)13-7-9-14(10-8-13)25(23,24)20-16-6-4-3-5-15(16)18/h3-10,20H,11-12H2,1-2H3,(H,19,22). The van der Waals surface area contributed by atoms with Gasteiger partial charge in [-0.05, 0) is 50.5 Å². The lowest BCUT2D eigenvalue weighted by molar-refractivity contribution is 0.0951. The number of rotatable bonds is 7. The average molecular weight is 382 g/mol. The van der Waals surface area contributed by atoms with Gasteiger partial charge in [-0.1, -0.05) is 23.7 Å². The number of para-hydroxylation sites is 1. The zero-order chi connectivity index (χ0) is 18.4. The number of nitrogens with one attached hydrogen (secondary N) is 2. The van der Waals surface area contributed by atoms with Gasteiger partial charge in [-0.15, -0.1) is 0 Å². The van der Waals surface area contributed by atoms with Crippen molar-refractivity contribution in [1.29, 1.82) is 0 Å². The second kappa shape index (κ2) is 8.33. The Labute approximate surface area is 152 Å². The van der Waals surface area contributed by atoms with Gasteiger partial charge in [0, 0.05) is 18.7 Å². The molecule has 2 rings (SSSR count). The molecular weight excluding hydrogens is 362 g/mol. The van der Waals surface area contributed by atoms with Crippen molar-refractivity contribution in [2.75, 3.05) is 31.9 Å². The van der Waals surface area contributed by atoms with Gasteiger partial charge in [-0.25, -0.2) is 8.42 Å². The van der Waals surface area contributed by atoms with Gasteiger partial charge in [0.15, 0.2) is 0 Å². The first-order chi connectivity index (χ1) is 11.8. The molecule has 0 spiro atoms. The smallest absolute Gasteiger partial charge is 0.261 e. The number of hydrogen-bond donors (Lipinski definition) is 2. The molecule has 8 heteroatoms. The first-order valence-corrected chi connectivity index (χ1v) is 9.46. The van der Waals surface area contributed by atoms with Crippen molar-refractivity contribution < 1.29 is 13.2 Å². The second-order valence-corrected chi connectivity index (χ2v) is 7.76. The van der Waals surface area contributed by atoms with E-state index in [1.54, 1.807) is 24.3 Å². The predicted molar refractivity (Wildman–Crippen MR) is 99.6 cm³/mol. The summed E-state index contributed by atoms with van der Waals surface area (Å²) in [5, 5.41) is 3.08. The molecule has 2 N–H and O–H groups in total. The minimum absolute atomic E-state index is 0.0530. The van der Waals surface area contributed by atoms with Crippen LogP contribution < -0.4 is 10.0 Å². The largest absolute Gasteiger partial charge is 0.351 e. The Hall–Kier alpha value is -2.09. The van der Waals surface area contributed by atoms with Gasteiger partial charge in [0.05, 0.1) is 15.6 Å². The minimum Gasteiger partial charge on any atom is -0.351 e. The molecule has 0 fully saturated rings. The van der Waals surface area contributed by atoms with E-state index < -0.39 is 10.0 Å². The summed E-state index contributed by atoms with van der Waals surface area (Å²) in [4.78, 5) is 14.0. The summed E-state index contributed by atoms with van der Waals surface area (Å²) < 4.78 is 27.2. The highest BCUT2D eigenvalue weighted by Crippen LogP contribution is 2.24. The van der Waals surface area contributed by atoms with Gasteiger partial charge in [0.25, 0.3) is 15.9 Å². The summed E-state index contributed by atoms with van der Waals surface area (Å²) >= 11 is 5.97. The van der Waals surface area contributed by atoms with Crippen molar-refractivity contribution in [2.45, 2.75) is 4.90 Å². The van der Waals surface area contributed by atoms with Gasteiger partial charge >= 0.3 is 0 Å². The molecule has 0 saturated heterocycles. The Balaban J connectivity index is 2.08. The van der Waals surface area contributed by atoms with Crippen LogP contribution in [0.4, 0.5) is 5.69 Å². The van der Waals surface area contributed by atoms with E-state index in [0.29, 0.717) is 22.8 Å². The summed E-state index contributed by atoms with van der Waals surface area (Å²) in [6.07, 6.45) is 0. The molecule has 2 aromatic carbocycles. The van der Waals surface area contributed by atoms with Crippen molar-refractivity contribution >= 4 is 33.2 Å². The fourth-order valence-electron chi connectivity index (χ4n) is 2.03. The van der Waals surface area contributed by atoms with E-state index in [0.717, 1.165) is 6.54 Å². The van der Waals surface area contributed by atoms with Crippen LogP contribution in [0.1, 0.15) is 10.4 Å². The lowest BCUT2D eigenvalue weighted by atomic mass is 10.2. The van der Waals surface area contributed by atoms with Crippen molar-refractivity contribution in [3.05, 3.63) is 59.1 Å². The van der Waals surface area contributed by atoms with Crippen LogP contribution in [0.2, 0.25) is 5.02 Å². The second-order valence-electron chi connectivity index (χ2n) is 5.67. The number of hydrogen-bond acceptors (Lipinski definition) is 4. The fourth-order valence-corrected chi connectivity index (χ4v) is 3.35. The van der Waals surface area contributed by atoms with Crippen LogP contribution in [0, 0.1) is 0 Å². The minimum atomic E-state index is -3.78. The predicted octanol–water partition coefficient (Wildman–Crippen LogP) is 2.43. The van der Waals surface area contributed by atoms with Gasteiger partial charge in [-0.2, -0.15) is 0 Å². The van der Waals surface area contributed by atoms with E-state index >= 15 is 0 Å². The van der Waals surface area contributed by atoms with E-state index in [9.17, 15) is 13.2 Å². The molecular formula is C17H20ClN3O3S. The number of carbonyl (C=O) groups excluding carboxylic acids is 1. The van der Waals surface area contributed by atoms with Crippen LogP contribution in [-0.2, 0) is 10.0 Å². The average Bonchev–Trinajstić information content (AvgIpc) is 2.56. The van der Waals surface area contributed by atoms with E-state index in [1.165, 1.54) is 24.3 Å². The molecule has 0 atom stereocenters. The number of benzene rings is 2. The summed E-state index contributed by atoms with van der Waals surface area (Å²) in [7, 11) is 0.0497. The zero-order valence-corrected chi connectivity index (χ0v) is 15.6. The van der Waals surface area contributed by atoms with Crippen LogP contribution in [0.15, 0.2) is 53.4 Å². The highest BCUT2D eigenvalue weighted by molar-refractivity contribution is 7.92. The summed E-state index contributed by atoms with van der Waals surface area (Å²) in [5.41, 5.74) is 0.699. The lowest BCUT2D eigenvalue weighted by Gasteiger charge is -2.11. The number of sulfonamides is 1.